The van der Waals surface area contributed by atoms with Gasteiger partial charge in [0.2, 0.25) is 0 Å². The molecule has 1 rings (SSSR count). The quantitative estimate of drug-likeness (QED) is 0.854. The van der Waals surface area contributed by atoms with Gasteiger partial charge in [-0.2, -0.15) is 0 Å². The smallest absolute Gasteiger partial charge is 0.308 e. The first-order chi connectivity index (χ1) is 7.56. The van der Waals surface area contributed by atoms with E-state index in [1.165, 1.54) is 11.3 Å². The van der Waals surface area contributed by atoms with E-state index in [2.05, 4.69) is 5.32 Å². The second-order valence-electron chi connectivity index (χ2n) is 3.25. The molecular formula is C10H12ClNO3S. The minimum Gasteiger partial charge on any atom is -0.481 e. The van der Waals surface area contributed by atoms with Crippen molar-refractivity contribution in [2.45, 2.75) is 13.3 Å². The Bertz CT molecular complexity index is 391. The van der Waals surface area contributed by atoms with Crippen LogP contribution in [0.15, 0.2) is 11.4 Å². The summed E-state index contributed by atoms with van der Waals surface area (Å²) in [6, 6.07) is 1.63. The molecule has 0 fully saturated rings. The number of carbonyl (C=O) groups excluding carboxylic acids is 1. The highest BCUT2D eigenvalue weighted by Gasteiger charge is 2.18. The van der Waals surface area contributed by atoms with Gasteiger partial charge in [0.25, 0.3) is 5.91 Å². The Kier molecular flexibility index (Phi) is 4.76. The fourth-order valence-corrected chi connectivity index (χ4v) is 2.22. The average molecular weight is 262 g/mol. The Morgan fingerprint density at radius 2 is 2.31 bits per heavy atom. The SMILES string of the molecule is CCC(CNC(=O)c1sccc1Cl)C(=O)O. The van der Waals surface area contributed by atoms with E-state index in [9.17, 15) is 9.59 Å². The second-order valence-corrected chi connectivity index (χ2v) is 4.57. The Morgan fingerprint density at radius 1 is 1.62 bits per heavy atom. The third kappa shape index (κ3) is 3.21. The lowest BCUT2D eigenvalue weighted by molar-refractivity contribution is -0.141. The highest BCUT2D eigenvalue weighted by atomic mass is 35.5. The van der Waals surface area contributed by atoms with Crippen molar-refractivity contribution in [2.75, 3.05) is 6.54 Å². The van der Waals surface area contributed by atoms with Gasteiger partial charge in [0.05, 0.1) is 10.9 Å². The van der Waals surface area contributed by atoms with Crippen LogP contribution < -0.4 is 5.32 Å². The summed E-state index contributed by atoms with van der Waals surface area (Å²) in [5.74, 6) is -1.78. The lowest BCUT2D eigenvalue weighted by Gasteiger charge is -2.10. The van der Waals surface area contributed by atoms with Crippen LogP contribution >= 0.6 is 22.9 Å². The van der Waals surface area contributed by atoms with Crippen molar-refractivity contribution in [1.29, 1.82) is 0 Å². The standard InChI is InChI=1S/C10H12ClNO3S/c1-2-6(10(14)15)5-12-9(13)8-7(11)3-4-16-8/h3-4,6H,2,5H2,1H3,(H,12,13)(H,14,15). The molecule has 0 aliphatic rings. The largest absolute Gasteiger partial charge is 0.481 e. The minimum atomic E-state index is -0.903. The summed E-state index contributed by atoms with van der Waals surface area (Å²) in [5.41, 5.74) is 0. The summed E-state index contributed by atoms with van der Waals surface area (Å²) >= 11 is 7.01. The van der Waals surface area contributed by atoms with Crippen LogP contribution in [0.25, 0.3) is 0 Å². The van der Waals surface area contributed by atoms with Gasteiger partial charge >= 0.3 is 5.97 Å². The third-order valence-electron chi connectivity index (χ3n) is 2.17. The van der Waals surface area contributed by atoms with Crippen LogP contribution in [0, 0.1) is 5.92 Å². The summed E-state index contributed by atoms with van der Waals surface area (Å²) < 4.78 is 0. The van der Waals surface area contributed by atoms with Crippen molar-refractivity contribution in [3.05, 3.63) is 21.3 Å². The number of hydrogen-bond donors (Lipinski definition) is 2. The number of carbonyl (C=O) groups is 2. The maximum atomic E-state index is 11.6. The molecule has 88 valence electrons. The fourth-order valence-electron chi connectivity index (χ4n) is 1.16. The number of hydrogen-bond acceptors (Lipinski definition) is 3. The van der Waals surface area contributed by atoms with Crippen molar-refractivity contribution in [3.8, 4) is 0 Å². The van der Waals surface area contributed by atoms with Crippen LogP contribution in [0.3, 0.4) is 0 Å². The normalized spacial score (nSPS) is 12.1. The van der Waals surface area contributed by atoms with Crippen molar-refractivity contribution in [1.82, 2.24) is 5.32 Å². The summed E-state index contributed by atoms with van der Waals surface area (Å²) in [5, 5.41) is 13.5. The van der Waals surface area contributed by atoms with Gasteiger partial charge in [-0.3, -0.25) is 9.59 Å². The molecule has 0 aromatic carbocycles. The lowest BCUT2D eigenvalue weighted by Crippen LogP contribution is -2.32. The number of rotatable bonds is 5. The molecule has 6 heteroatoms. The molecule has 2 N–H and O–H groups in total. The van der Waals surface area contributed by atoms with Crippen LogP contribution in [0.5, 0.6) is 0 Å². The molecule has 0 bridgehead atoms. The molecule has 0 saturated carbocycles. The van der Waals surface area contributed by atoms with Crippen molar-refractivity contribution in [3.63, 3.8) is 0 Å². The van der Waals surface area contributed by atoms with Gasteiger partial charge in [0.1, 0.15) is 4.88 Å². The third-order valence-corrected chi connectivity index (χ3v) is 3.51. The van der Waals surface area contributed by atoms with Crippen LogP contribution in [0.1, 0.15) is 23.0 Å². The highest BCUT2D eigenvalue weighted by molar-refractivity contribution is 7.12. The molecule has 1 unspecified atom stereocenters. The Labute approximate surface area is 102 Å². The number of carboxylic acids is 1. The van der Waals surface area contributed by atoms with Gasteiger partial charge in [-0.1, -0.05) is 18.5 Å². The van der Waals surface area contributed by atoms with Gasteiger partial charge in [-0.25, -0.2) is 0 Å². The molecule has 1 heterocycles. The summed E-state index contributed by atoms with van der Waals surface area (Å²) in [7, 11) is 0. The molecule has 16 heavy (non-hydrogen) atoms. The molecule has 0 spiro atoms. The molecule has 0 saturated heterocycles. The topological polar surface area (TPSA) is 66.4 Å². The maximum Gasteiger partial charge on any atom is 0.308 e. The zero-order valence-electron chi connectivity index (χ0n) is 8.70. The van der Waals surface area contributed by atoms with Crippen molar-refractivity contribution >= 4 is 34.8 Å². The fraction of sp³-hybridized carbons (Fsp3) is 0.400. The van der Waals surface area contributed by atoms with E-state index >= 15 is 0 Å². The van der Waals surface area contributed by atoms with E-state index in [1.54, 1.807) is 18.4 Å². The molecule has 1 atom stereocenters. The average Bonchev–Trinajstić information content (AvgIpc) is 2.64. The van der Waals surface area contributed by atoms with Gasteiger partial charge < -0.3 is 10.4 Å². The number of aliphatic carboxylic acids is 1. The number of nitrogens with one attached hydrogen (secondary N) is 1. The number of thiophene rings is 1. The molecular weight excluding hydrogens is 250 g/mol. The van der Waals surface area contributed by atoms with Gasteiger partial charge in [-0.05, 0) is 17.9 Å². The summed E-state index contributed by atoms with van der Waals surface area (Å²) in [6.45, 7) is 1.89. The zero-order chi connectivity index (χ0) is 12.1. The van der Waals surface area contributed by atoms with Gasteiger partial charge in [0.15, 0.2) is 0 Å². The second kappa shape index (κ2) is 5.86. The van der Waals surface area contributed by atoms with E-state index in [0.29, 0.717) is 16.3 Å². The molecule has 4 nitrogen and oxygen atoms in total. The highest BCUT2D eigenvalue weighted by Crippen LogP contribution is 2.21. The first-order valence-corrected chi connectivity index (χ1v) is 6.06. The molecule has 0 aliphatic carbocycles. The summed E-state index contributed by atoms with van der Waals surface area (Å²) in [6.07, 6.45) is 0.480. The number of halogens is 1. The van der Waals surface area contributed by atoms with Crippen molar-refractivity contribution in [2.24, 2.45) is 5.92 Å². The zero-order valence-corrected chi connectivity index (χ0v) is 10.3. The van der Waals surface area contributed by atoms with Crippen LogP contribution in [-0.4, -0.2) is 23.5 Å². The van der Waals surface area contributed by atoms with Crippen LogP contribution in [0.2, 0.25) is 5.02 Å². The maximum absolute atomic E-state index is 11.6. The summed E-state index contributed by atoms with van der Waals surface area (Å²) in [4.78, 5) is 22.7. The van der Waals surface area contributed by atoms with E-state index in [4.69, 9.17) is 16.7 Å². The Hall–Kier alpha value is -1.07. The predicted octanol–water partition coefficient (Wildman–Crippen LogP) is 2.24. The molecule has 1 aromatic heterocycles. The van der Waals surface area contributed by atoms with Crippen LogP contribution in [0.4, 0.5) is 0 Å². The molecule has 0 radical (unpaired) electrons. The first-order valence-electron chi connectivity index (χ1n) is 4.80. The minimum absolute atomic E-state index is 0.124. The number of amides is 1. The Morgan fingerprint density at radius 3 is 2.75 bits per heavy atom. The molecule has 0 aliphatic heterocycles. The molecule has 1 aromatic rings. The van der Waals surface area contributed by atoms with E-state index in [0.717, 1.165) is 0 Å². The monoisotopic (exact) mass is 261 g/mol. The van der Waals surface area contributed by atoms with E-state index < -0.39 is 11.9 Å². The predicted molar refractivity (Wildman–Crippen MR) is 63.1 cm³/mol. The lowest BCUT2D eigenvalue weighted by atomic mass is 10.1. The van der Waals surface area contributed by atoms with E-state index in [-0.39, 0.29) is 12.5 Å². The van der Waals surface area contributed by atoms with Gasteiger partial charge in [-0.15, -0.1) is 11.3 Å². The molecule has 1 amide bonds. The van der Waals surface area contributed by atoms with Gasteiger partial charge in [0, 0.05) is 6.54 Å². The van der Waals surface area contributed by atoms with Crippen LogP contribution in [-0.2, 0) is 4.79 Å². The van der Waals surface area contributed by atoms with Crippen molar-refractivity contribution < 1.29 is 14.7 Å². The first kappa shape index (κ1) is 13.0. The Balaban J connectivity index is 2.53. The number of carboxylic acid groups (broad SMARTS) is 1. The van der Waals surface area contributed by atoms with E-state index in [1.807, 2.05) is 0 Å².